The highest BCUT2D eigenvalue weighted by molar-refractivity contribution is 5.69. The van der Waals surface area contributed by atoms with E-state index in [2.05, 4.69) is 4.84 Å². The van der Waals surface area contributed by atoms with E-state index in [1.165, 1.54) is 0 Å². The lowest BCUT2D eigenvalue weighted by Gasteiger charge is -2.19. The standard InChI is InChI=1S/C7H15NO3/c1-7(2,3)11-6(9)4-5-10-8/h4-5,8H2,1-3H3. The van der Waals surface area contributed by atoms with Crippen LogP contribution >= 0.6 is 0 Å². The van der Waals surface area contributed by atoms with Crippen molar-refractivity contribution in [1.82, 2.24) is 0 Å². The Hall–Kier alpha value is -0.610. The van der Waals surface area contributed by atoms with E-state index in [4.69, 9.17) is 10.6 Å². The van der Waals surface area contributed by atoms with Crippen molar-refractivity contribution in [2.75, 3.05) is 6.61 Å². The maximum atomic E-state index is 10.9. The molecule has 0 rings (SSSR count). The zero-order valence-corrected chi connectivity index (χ0v) is 7.22. The summed E-state index contributed by atoms with van der Waals surface area (Å²) in [5.41, 5.74) is -0.425. The highest BCUT2D eigenvalue weighted by Crippen LogP contribution is 2.07. The molecule has 0 fully saturated rings. The molecule has 0 aromatic rings. The molecule has 0 bridgehead atoms. The maximum absolute atomic E-state index is 10.9. The molecule has 0 aliphatic rings. The van der Waals surface area contributed by atoms with Gasteiger partial charge in [0.15, 0.2) is 0 Å². The van der Waals surface area contributed by atoms with E-state index in [9.17, 15) is 4.79 Å². The minimum atomic E-state index is -0.425. The Balaban J connectivity index is 3.53. The lowest BCUT2D eigenvalue weighted by molar-refractivity contribution is -0.156. The van der Waals surface area contributed by atoms with E-state index in [1.807, 2.05) is 20.8 Å². The summed E-state index contributed by atoms with van der Waals surface area (Å²) in [6.07, 6.45) is 0.202. The second-order valence-corrected chi connectivity index (χ2v) is 3.21. The largest absolute Gasteiger partial charge is 0.460 e. The van der Waals surface area contributed by atoms with Crippen molar-refractivity contribution in [2.45, 2.75) is 32.8 Å². The SMILES string of the molecule is CC(C)(C)OC(=O)CCON. The average molecular weight is 161 g/mol. The van der Waals surface area contributed by atoms with Crippen molar-refractivity contribution in [3.05, 3.63) is 0 Å². The van der Waals surface area contributed by atoms with Crippen LogP contribution in [0.2, 0.25) is 0 Å². The first-order chi connectivity index (χ1) is 4.95. The molecule has 0 aliphatic carbocycles. The number of hydrogen-bond donors (Lipinski definition) is 1. The van der Waals surface area contributed by atoms with Crippen LogP contribution in [0.1, 0.15) is 27.2 Å². The summed E-state index contributed by atoms with van der Waals surface area (Å²) in [7, 11) is 0. The van der Waals surface area contributed by atoms with Gasteiger partial charge in [-0.15, -0.1) is 0 Å². The fraction of sp³-hybridized carbons (Fsp3) is 0.857. The van der Waals surface area contributed by atoms with Crippen LogP contribution in [0.15, 0.2) is 0 Å². The van der Waals surface area contributed by atoms with E-state index in [0.717, 1.165) is 0 Å². The molecule has 4 nitrogen and oxygen atoms in total. The van der Waals surface area contributed by atoms with Crippen LogP contribution < -0.4 is 5.90 Å². The Morgan fingerprint density at radius 3 is 2.36 bits per heavy atom. The quantitative estimate of drug-likeness (QED) is 0.486. The Bertz CT molecular complexity index is 128. The summed E-state index contributed by atoms with van der Waals surface area (Å²) in [4.78, 5) is 15.1. The van der Waals surface area contributed by atoms with Crippen molar-refractivity contribution in [2.24, 2.45) is 5.90 Å². The first kappa shape index (κ1) is 10.4. The molecular weight excluding hydrogens is 146 g/mol. The van der Waals surface area contributed by atoms with Gasteiger partial charge in [-0.25, -0.2) is 5.90 Å². The van der Waals surface area contributed by atoms with Gasteiger partial charge in [0.05, 0.1) is 13.0 Å². The first-order valence-electron chi connectivity index (χ1n) is 3.49. The zero-order chi connectivity index (χ0) is 8.91. The predicted molar refractivity (Wildman–Crippen MR) is 40.6 cm³/mol. The summed E-state index contributed by atoms with van der Waals surface area (Å²) in [5, 5.41) is 0. The van der Waals surface area contributed by atoms with E-state index < -0.39 is 5.60 Å². The van der Waals surface area contributed by atoms with Gasteiger partial charge in [-0.2, -0.15) is 0 Å². The third-order valence-corrected chi connectivity index (χ3v) is 0.844. The van der Waals surface area contributed by atoms with Gasteiger partial charge in [0.2, 0.25) is 0 Å². The maximum Gasteiger partial charge on any atom is 0.308 e. The van der Waals surface area contributed by atoms with Crippen molar-refractivity contribution in [3.8, 4) is 0 Å². The van der Waals surface area contributed by atoms with Crippen LogP contribution in [-0.4, -0.2) is 18.2 Å². The van der Waals surface area contributed by atoms with Crippen LogP contribution in [0.5, 0.6) is 0 Å². The van der Waals surface area contributed by atoms with Gasteiger partial charge >= 0.3 is 5.97 Å². The summed E-state index contributed by atoms with van der Waals surface area (Å²) < 4.78 is 4.97. The molecule has 0 amide bonds. The fourth-order valence-corrected chi connectivity index (χ4v) is 0.535. The molecule has 0 atom stereocenters. The molecule has 0 heterocycles. The van der Waals surface area contributed by atoms with Gasteiger partial charge in [-0.1, -0.05) is 0 Å². The smallest absolute Gasteiger partial charge is 0.308 e. The van der Waals surface area contributed by atoms with Crippen molar-refractivity contribution >= 4 is 5.97 Å². The second-order valence-electron chi connectivity index (χ2n) is 3.21. The Labute approximate surface area is 66.6 Å². The molecule has 0 aromatic heterocycles. The molecule has 0 aliphatic heterocycles. The van der Waals surface area contributed by atoms with E-state index in [-0.39, 0.29) is 19.0 Å². The fourth-order valence-electron chi connectivity index (χ4n) is 0.535. The number of rotatable bonds is 3. The van der Waals surface area contributed by atoms with Crippen LogP contribution in [-0.2, 0) is 14.4 Å². The normalized spacial score (nSPS) is 11.3. The van der Waals surface area contributed by atoms with E-state index in [0.29, 0.717) is 0 Å². The van der Waals surface area contributed by atoms with Gasteiger partial charge in [-0.3, -0.25) is 4.79 Å². The van der Waals surface area contributed by atoms with Crippen LogP contribution in [0.25, 0.3) is 0 Å². The summed E-state index contributed by atoms with van der Waals surface area (Å²) in [6.45, 7) is 5.64. The van der Waals surface area contributed by atoms with Crippen molar-refractivity contribution in [3.63, 3.8) is 0 Å². The van der Waals surface area contributed by atoms with E-state index >= 15 is 0 Å². The van der Waals surface area contributed by atoms with Crippen molar-refractivity contribution in [1.29, 1.82) is 0 Å². The van der Waals surface area contributed by atoms with Gasteiger partial charge in [0, 0.05) is 0 Å². The third-order valence-electron chi connectivity index (χ3n) is 0.844. The summed E-state index contributed by atoms with van der Waals surface area (Å²) in [5.74, 6) is 4.44. The Kier molecular flexibility index (Phi) is 4.07. The molecule has 0 spiro atoms. The number of carbonyl (C=O) groups is 1. The molecular formula is C7H15NO3. The molecule has 0 radical (unpaired) electrons. The molecule has 66 valence electrons. The van der Waals surface area contributed by atoms with Crippen molar-refractivity contribution < 1.29 is 14.4 Å². The van der Waals surface area contributed by atoms with Crippen LogP contribution in [0.4, 0.5) is 0 Å². The summed E-state index contributed by atoms with van der Waals surface area (Å²) >= 11 is 0. The number of esters is 1. The molecule has 11 heavy (non-hydrogen) atoms. The monoisotopic (exact) mass is 161 g/mol. The third kappa shape index (κ3) is 7.29. The predicted octanol–water partition coefficient (Wildman–Crippen LogP) is 0.609. The number of hydrogen-bond acceptors (Lipinski definition) is 4. The van der Waals surface area contributed by atoms with Crippen LogP contribution in [0, 0.1) is 0 Å². The molecule has 2 N–H and O–H groups in total. The number of carbonyl (C=O) groups excluding carboxylic acids is 1. The Morgan fingerprint density at radius 2 is 2.00 bits per heavy atom. The molecule has 0 aromatic carbocycles. The highest BCUT2D eigenvalue weighted by atomic mass is 16.6. The number of ether oxygens (including phenoxy) is 1. The minimum Gasteiger partial charge on any atom is -0.460 e. The molecule has 0 saturated heterocycles. The lowest BCUT2D eigenvalue weighted by Crippen LogP contribution is -2.24. The highest BCUT2D eigenvalue weighted by Gasteiger charge is 2.15. The van der Waals surface area contributed by atoms with E-state index in [1.54, 1.807) is 0 Å². The zero-order valence-electron chi connectivity index (χ0n) is 7.22. The molecule has 0 unspecified atom stereocenters. The summed E-state index contributed by atoms with van der Waals surface area (Å²) in [6, 6.07) is 0. The second kappa shape index (κ2) is 4.31. The van der Waals surface area contributed by atoms with Gasteiger partial charge in [-0.05, 0) is 20.8 Å². The molecule has 4 heteroatoms. The Morgan fingerprint density at radius 1 is 1.45 bits per heavy atom. The topological polar surface area (TPSA) is 61.5 Å². The number of nitrogens with two attached hydrogens (primary N) is 1. The lowest BCUT2D eigenvalue weighted by atomic mass is 10.2. The minimum absolute atomic E-state index is 0.202. The average Bonchev–Trinajstić information content (AvgIpc) is 1.79. The van der Waals surface area contributed by atoms with Gasteiger partial charge in [0.25, 0.3) is 0 Å². The van der Waals surface area contributed by atoms with Crippen LogP contribution in [0.3, 0.4) is 0 Å². The molecule has 0 saturated carbocycles. The van der Waals surface area contributed by atoms with Gasteiger partial charge in [0.1, 0.15) is 5.60 Å². The van der Waals surface area contributed by atoms with Gasteiger partial charge < -0.3 is 9.57 Å². The first-order valence-corrected chi connectivity index (χ1v) is 3.49.